The Morgan fingerprint density at radius 1 is 0.967 bits per heavy atom. The van der Waals surface area contributed by atoms with Crippen LogP contribution in [0.4, 0.5) is 20.3 Å². The number of fused-ring (bicyclic) bond motifs is 2. The first-order chi connectivity index (χ1) is 29.6. The summed E-state index contributed by atoms with van der Waals surface area (Å²) in [6.07, 6.45) is 5.68. The molecule has 1 aliphatic carbocycles. The van der Waals surface area contributed by atoms with Crippen LogP contribution in [-0.4, -0.2) is 92.0 Å². The summed E-state index contributed by atoms with van der Waals surface area (Å²) in [4.78, 5) is 60.4. The molecule has 3 amide bonds. The fraction of sp³-hybridized carbons (Fsp3) is 0.467. The molecule has 318 valence electrons. The number of nitrogens with one attached hydrogen (secondary N) is 2. The maximum atomic E-state index is 14.3. The van der Waals surface area contributed by atoms with Crippen LogP contribution in [-0.2, 0) is 21.4 Å². The highest BCUT2D eigenvalue weighted by Crippen LogP contribution is 2.36. The van der Waals surface area contributed by atoms with Crippen molar-refractivity contribution in [1.29, 1.82) is 0 Å². The van der Waals surface area contributed by atoms with Gasteiger partial charge in [-0.15, -0.1) is 0 Å². The lowest BCUT2D eigenvalue weighted by Gasteiger charge is -2.36. The highest BCUT2D eigenvalue weighted by atomic mass is 19.3. The van der Waals surface area contributed by atoms with Crippen molar-refractivity contribution < 1.29 is 27.9 Å². The zero-order valence-electron chi connectivity index (χ0n) is 34.1. The molecular formula is C45H49F2N9O5. The molecule has 3 aromatic heterocycles. The SMILES string of the molecule is Cn1c(=O)n(C2CCC(=O)NC2=O)c2cccc(C#CCOC3CCN(C[C@H]4CC[C@H](n5cc(NC(=O)c6cccc7ccc(N8CCC8)nc67)c(C(F)F)n5)CC4)CC3)c21. The molecule has 4 aliphatic rings. The van der Waals surface area contributed by atoms with Crippen molar-refractivity contribution in [1.82, 2.24) is 34.1 Å². The number of alkyl halides is 2. The van der Waals surface area contributed by atoms with Crippen LogP contribution in [0, 0.1) is 17.8 Å². The van der Waals surface area contributed by atoms with E-state index >= 15 is 0 Å². The van der Waals surface area contributed by atoms with Gasteiger partial charge in [-0.3, -0.25) is 33.5 Å². The van der Waals surface area contributed by atoms with Gasteiger partial charge in [-0.2, -0.15) is 5.10 Å². The van der Waals surface area contributed by atoms with Crippen molar-refractivity contribution in [2.75, 3.05) is 49.5 Å². The summed E-state index contributed by atoms with van der Waals surface area (Å²) < 4.78 is 39.3. The number of piperidine rings is 2. The normalized spacial score (nSPS) is 21.4. The molecule has 0 spiro atoms. The molecule has 3 aliphatic heterocycles. The third-order valence-electron chi connectivity index (χ3n) is 12.8. The molecule has 14 nitrogen and oxygen atoms in total. The molecule has 6 heterocycles. The number of amides is 3. The number of imidazole rings is 1. The number of imide groups is 1. The Balaban J connectivity index is 0.753. The standard InChI is InChI=1S/C45H49F2N9O5/c1-52-41-30(7-3-10-35(41)56(45(52)60)36-16-18-38(57)50-44(36)59)8-4-25-61-32-19-23-53(24-20-32)26-28-11-14-31(15-12-28)55-27-34(40(51-55)42(46)47)48-43(58)33-9-2-6-29-13-17-37(49-39(29)33)54-21-5-22-54/h2-3,6-7,9-10,13,17,27-28,31-32,36,42H,5,11-12,14-16,18-26H2,1H3,(H,48,58)(H,50,57,59)/t28-,31-,36?. The molecule has 0 radical (unpaired) electrons. The fourth-order valence-electron chi connectivity index (χ4n) is 9.36. The fourth-order valence-corrected chi connectivity index (χ4v) is 9.36. The highest BCUT2D eigenvalue weighted by molar-refractivity contribution is 6.12. The summed E-state index contributed by atoms with van der Waals surface area (Å²) >= 11 is 0. The number of benzene rings is 2. The van der Waals surface area contributed by atoms with Gasteiger partial charge >= 0.3 is 5.69 Å². The van der Waals surface area contributed by atoms with Crippen molar-refractivity contribution >= 4 is 51.2 Å². The van der Waals surface area contributed by atoms with Crippen molar-refractivity contribution in [2.45, 2.75) is 82.4 Å². The summed E-state index contributed by atoms with van der Waals surface area (Å²) in [5, 5.41) is 10.2. The summed E-state index contributed by atoms with van der Waals surface area (Å²) in [7, 11) is 1.66. The lowest BCUT2D eigenvalue weighted by atomic mass is 9.85. The first kappa shape index (κ1) is 40.5. The number of aromatic nitrogens is 5. The van der Waals surface area contributed by atoms with Gasteiger partial charge in [0.25, 0.3) is 12.3 Å². The maximum absolute atomic E-state index is 14.3. The van der Waals surface area contributed by atoms with Gasteiger partial charge < -0.3 is 19.9 Å². The minimum atomic E-state index is -2.84. The molecule has 61 heavy (non-hydrogen) atoms. The number of nitrogens with zero attached hydrogens (tertiary/aromatic N) is 7. The van der Waals surface area contributed by atoms with E-state index in [1.54, 1.807) is 36.1 Å². The van der Waals surface area contributed by atoms with Gasteiger partial charge in [-0.05, 0) is 87.6 Å². The molecule has 1 unspecified atom stereocenters. The molecule has 9 rings (SSSR count). The Hall–Kier alpha value is -5.92. The highest BCUT2D eigenvalue weighted by Gasteiger charge is 2.32. The zero-order valence-corrected chi connectivity index (χ0v) is 34.1. The Bertz CT molecular complexity index is 2600. The number of rotatable bonds is 10. The number of ether oxygens (including phenoxy) is 1. The number of aryl methyl sites for hydroxylation is 1. The molecule has 2 N–H and O–H groups in total. The number of carbonyl (C=O) groups excluding carboxylic acids is 3. The third kappa shape index (κ3) is 8.28. The Morgan fingerprint density at radius 3 is 2.49 bits per heavy atom. The van der Waals surface area contributed by atoms with Crippen LogP contribution >= 0.6 is 0 Å². The van der Waals surface area contributed by atoms with Gasteiger partial charge in [-0.1, -0.05) is 30.0 Å². The smallest absolute Gasteiger partial charge is 0.329 e. The Labute approximate surface area is 351 Å². The molecular weight excluding hydrogens is 785 g/mol. The van der Waals surface area contributed by atoms with Crippen LogP contribution in [0.5, 0.6) is 0 Å². The molecule has 1 saturated carbocycles. The van der Waals surface area contributed by atoms with Gasteiger partial charge in [0.05, 0.1) is 45.5 Å². The number of pyridine rings is 1. The predicted molar refractivity (Wildman–Crippen MR) is 226 cm³/mol. The van der Waals surface area contributed by atoms with E-state index in [4.69, 9.17) is 9.72 Å². The largest absolute Gasteiger partial charge is 0.365 e. The molecule has 4 fully saturated rings. The maximum Gasteiger partial charge on any atom is 0.329 e. The van der Waals surface area contributed by atoms with Crippen LogP contribution in [0.1, 0.15) is 97.9 Å². The third-order valence-corrected chi connectivity index (χ3v) is 12.8. The minimum absolute atomic E-state index is 0.0277. The lowest BCUT2D eigenvalue weighted by Crippen LogP contribution is -2.44. The predicted octanol–water partition coefficient (Wildman–Crippen LogP) is 5.73. The second-order valence-corrected chi connectivity index (χ2v) is 16.7. The van der Waals surface area contributed by atoms with Crippen LogP contribution in [0.3, 0.4) is 0 Å². The van der Waals surface area contributed by atoms with Crippen LogP contribution in [0.25, 0.3) is 21.9 Å². The van der Waals surface area contributed by atoms with E-state index in [0.717, 1.165) is 88.9 Å². The molecule has 3 saturated heterocycles. The van der Waals surface area contributed by atoms with E-state index in [1.807, 2.05) is 30.3 Å². The molecule has 2 aromatic carbocycles. The van der Waals surface area contributed by atoms with Crippen molar-refractivity contribution in [2.24, 2.45) is 13.0 Å². The van der Waals surface area contributed by atoms with Gasteiger partial charge in [0.1, 0.15) is 18.5 Å². The average molecular weight is 834 g/mol. The number of carbonyl (C=O) groups is 3. The topological polar surface area (TPSA) is 149 Å². The minimum Gasteiger partial charge on any atom is -0.365 e. The van der Waals surface area contributed by atoms with Crippen LogP contribution < -0.4 is 21.2 Å². The van der Waals surface area contributed by atoms with E-state index < -0.39 is 30.0 Å². The van der Waals surface area contributed by atoms with E-state index in [2.05, 4.69) is 37.4 Å². The van der Waals surface area contributed by atoms with E-state index in [0.29, 0.717) is 33.6 Å². The molecule has 1 atom stereocenters. The monoisotopic (exact) mass is 833 g/mol. The van der Waals surface area contributed by atoms with Crippen molar-refractivity contribution in [3.63, 3.8) is 0 Å². The van der Waals surface area contributed by atoms with E-state index in [-0.39, 0.29) is 48.9 Å². The van der Waals surface area contributed by atoms with Crippen LogP contribution in [0.15, 0.2) is 59.5 Å². The summed E-state index contributed by atoms with van der Waals surface area (Å²) in [6.45, 7) is 4.89. The summed E-state index contributed by atoms with van der Waals surface area (Å²) in [5.74, 6) is 6.29. The van der Waals surface area contributed by atoms with Gasteiger partial charge in [0.15, 0.2) is 5.69 Å². The first-order valence-electron chi connectivity index (χ1n) is 21.3. The Morgan fingerprint density at radius 2 is 1.75 bits per heavy atom. The van der Waals surface area contributed by atoms with E-state index in [9.17, 15) is 28.0 Å². The van der Waals surface area contributed by atoms with Gasteiger partial charge in [-0.25, -0.2) is 18.6 Å². The number of hydrogen-bond acceptors (Lipinski definition) is 9. The van der Waals surface area contributed by atoms with Gasteiger partial charge in [0.2, 0.25) is 11.8 Å². The number of halogens is 2. The van der Waals surface area contributed by atoms with Crippen molar-refractivity contribution in [3.05, 3.63) is 82.0 Å². The second kappa shape index (κ2) is 17.2. The quantitative estimate of drug-likeness (QED) is 0.133. The summed E-state index contributed by atoms with van der Waals surface area (Å²) in [5.41, 5.74) is 2.04. The number of anilines is 2. The number of likely N-dealkylation sites (tertiary alicyclic amines) is 1. The van der Waals surface area contributed by atoms with Crippen LogP contribution in [0.2, 0.25) is 0 Å². The molecule has 5 aromatic rings. The second-order valence-electron chi connectivity index (χ2n) is 16.7. The average Bonchev–Trinajstić information content (AvgIpc) is 3.77. The van der Waals surface area contributed by atoms with E-state index in [1.165, 1.54) is 9.13 Å². The lowest BCUT2D eigenvalue weighted by molar-refractivity contribution is -0.135. The first-order valence-corrected chi connectivity index (χ1v) is 21.3. The number of para-hydroxylation sites is 2. The van der Waals surface area contributed by atoms with Crippen molar-refractivity contribution in [3.8, 4) is 11.8 Å². The summed E-state index contributed by atoms with van der Waals surface area (Å²) in [6, 6.07) is 13.9. The molecule has 0 bridgehead atoms. The molecule has 16 heteroatoms. The number of hydrogen-bond donors (Lipinski definition) is 2. The van der Waals surface area contributed by atoms with Gasteiger partial charge in [0, 0.05) is 57.8 Å². The zero-order chi connectivity index (χ0) is 42.2. The Kier molecular flexibility index (Phi) is 11.4.